The zero-order chi connectivity index (χ0) is 11.7. The molecule has 0 bridgehead atoms. The van der Waals surface area contributed by atoms with Gasteiger partial charge in [0.2, 0.25) is 0 Å². The Balaban J connectivity index is 2.08. The molecule has 3 aromatic heterocycles. The van der Waals surface area contributed by atoms with Crippen LogP contribution in [0.2, 0.25) is 0 Å². The summed E-state index contributed by atoms with van der Waals surface area (Å²) in [6, 6.07) is 5.97. The lowest BCUT2D eigenvalue weighted by molar-refractivity contribution is 0.730. The maximum Gasteiger partial charge on any atom is 0.136 e. The predicted molar refractivity (Wildman–Crippen MR) is 65.5 cm³/mol. The van der Waals surface area contributed by atoms with Gasteiger partial charge < -0.3 is 10.3 Å². The second kappa shape index (κ2) is 4.03. The molecule has 0 unspecified atom stereocenters. The number of nitrogens with zero attached hydrogens (tertiary/aromatic N) is 4. The molecule has 86 valence electrons. The molecule has 0 aliphatic carbocycles. The fourth-order valence-corrected chi connectivity index (χ4v) is 1.92. The third-order valence-electron chi connectivity index (χ3n) is 2.74. The number of fused-ring (bicyclic) bond motifs is 1. The van der Waals surface area contributed by atoms with E-state index >= 15 is 0 Å². The van der Waals surface area contributed by atoms with Crippen LogP contribution in [0.5, 0.6) is 0 Å². The first-order chi connectivity index (χ1) is 8.38. The summed E-state index contributed by atoms with van der Waals surface area (Å²) in [7, 11) is 0. The molecule has 0 amide bonds. The SMILES string of the molecule is NCCn1ccn2nc(-c3ccncc3)cc12. The summed E-state index contributed by atoms with van der Waals surface area (Å²) >= 11 is 0. The molecule has 0 saturated carbocycles. The van der Waals surface area contributed by atoms with Crippen LogP contribution in [0.1, 0.15) is 0 Å². The molecule has 0 aromatic carbocycles. The van der Waals surface area contributed by atoms with Crippen molar-refractivity contribution in [3.63, 3.8) is 0 Å². The van der Waals surface area contributed by atoms with E-state index in [4.69, 9.17) is 5.73 Å². The minimum Gasteiger partial charge on any atom is -0.330 e. The lowest BCUT2D eigenvalue weighted by Gasteiger charge is -1.98. The Morgan fingerprint density at radius 1 is 1.18 bits per heavy atom. The third-order valence-corrected chi connectivity index (χ3v) is 2.74. The Kier molecular flexibility index (Phi) is 2.38. The summed E-state index contributed by atoms with van der Waals surface area (Å²) in [5.41, 5.74) is 8.65. The van der Waals surface area contributed by atoms with Crippen LogP contribution in [0.3, 0.4) is 0 Å². The quantitative estimate of drug-likeness (QED) is 0.730. The highest BCUT2D eigenvalue weighted by Crippen LogP contribution is 2.19. The Bertz CT molecular complexity index is 623. The summed E-state index contributed by atoms with van der Waals surface area (Å²) in [4.78, 5) is 4.00. The van der Waals surface area contributed by atoms with E-state index in [1.165, 1.54) is 0 Å². The highest BCUT2D eigenvalue weighted by atomic mass is 15.3. The fourth-order valence-electron chi connectivity index (χ4n) is 1.92. The lowest BCUT2D eigenvalue weighted by Crippen LogP contribution is -2.08. The fraction of sp³-hybridized carbons (Fsp3) is 0.167. The standard InChI is InChI=1S/C12H13N5/c13-3-6-16-7-8-17-12(16)9-11(15-17)10-1-4-14-5-2-10/h1-2,4-5,7-9H,3,6,13H2. The molecule has 0 radical (unpaired) electrons. The largest absolute Gasteiger partial charge is 0.330 e. The van der Waals surface area contributed by atoms with E-state index in [-0.39, 0.29) is 0 Å². The van der Waals surface area contributed by atoms with Gasteiger partial charge in [-0.25, -0.2) is 4.52 Å². The molecule has 0 aliphatic heterocycles. The summed E-state index contributed by atoms with van der Waals surface area (Å²) in [5, 5.41) is 4.51. The minimum atomic E-state index is 0.625. The zero-order valence-electron chi connectivity index (χ0n) is 9.32. The number of hydrogen-bond donors (Lipinski definition) is 1. The van der Waals surface area contributed by atoms with Gasteiger partial charge in [-0.3, -0.25) is 4.98 Å². The van der Waals surface area contributed by atoms with Gasteiger partial charge in [-0.2, -0.15) is 5.10 Å². The molecule has 2 N–H and O–H groups in total. The van der Waals surface area contributed by atoms with Gasteiger partial charge in [-0.05, 0) is 12.1 Å². The maximum absolute atomic E-state index is 5.57. The topological polar surface area (TPSA) is 61.1 Å². The maximum atomic E-state index is 5.57. The number of aromatic nitrogens is 4. The van der Waals surface area contributed by atoms with Gasteiger partial charge >= 0.3 is 0 Å². The summed E-state index contributed by atoms with van der Waals surface area (Å²) < 4.78 is 3.96. The second-order valence-electron chi connectivity index (χ2n) is 3.85. The van der Waals surface area contributed by atoms with E-state index in [0.717, 1.165) is 23.4 Å². The summed E-state index contributed by atoms with van der Waals surface area (Å²) in [6.07, 6.45) is 7.47. The first-order valence-electron chi connectivity index (χ1n) is 5.53. The van der Waals surface area contributed by atoms with Crippen LogP contribution in [0.25, 0.3) is 16.9 Å². The molecule has 3 heterocycles. The van der Waals surface area contributed by atoms with E-state index in [9.17, 15) is 0 Å². The van der Waals surface area contributed by atoms with Crippen LogP contribution in [0.15, 0.2) is 43.0 Å². The van der Waals surface area contributed by atoms with E-state index in [2.05, 4.69) is 20.7 Å². The first kappa shape index (κ1) is 10.0. The highest BCUT2D eigenvalue weighted by Gasteiger charge is 2.07. The van der Waals surface area contributed by atoms with Crippen molar-refractivity contribution in [2.75, 3.05) is 6.54 Å². The van der Waals surface area contributed by atoms with Crippen LogP contribution in [-0.4, -0.2) is 25.7 Å². The molecular weight excluding hydrogens is 214 g/mol. The second-order valence-corrected chi connectivity index (χ2v) is 3.85. The smallest absolute Gasteiger partial charge is 0.136 e. The van der Waals surface area contributed by atoms with Crippen molar-refractivity contribution < 1.29 is 0 Å². The van der Waals surface area contributed by atoms with Crippen LogP contribution in [0, 0.1) is 0 Å². The molecular formula is C12H13N5. The Morgan fingerprint density at radius 2 is 2.00 bits per heavy atom. The molecule has 17 heavy (non-hydrogen) atoms. The lowest BCUT2D eigenvalue weighted by atomic mass is 10.2. The molecule has 5 heteroatoms. The van der Waals surface area contributed by atoms with Crippen molar-refractivity contribution >= 4 is 5.65 Å². The number of rotatable bonds is 3. The van der Waals surface area contributed by atoms with E-state index in [1.807, 2.05) is 29.0 Å². The molecule has 3 aromatic rings. The van der Waals surface area contributed by atoms with Gasteiger partial charge in [0.15, 0.2) is 0 Å². The van der Waals surface area contributed by atoms with Crippen LogP contribution in [0.4, 0.5) is 0 Å². The van der Waals surface area contributed by atoms with Crippen LogP contribution < -0.4 is 5.73 Å². The first-order valence-corrected chi connectivity index (χ1v) is 5.53. The van der Waals surface area contributed by atoms with Crippen molar-refractivity contribution in [2.45, 2.75) is 6.54 Å². The third kappa shape index (κ3) is 1.70. The van der Waals surface area contributed by atoms with Crippen molar-refractivity contribution in [3.05, 3.63) is 43.0 Å². The normalized spacial score (nSPS) is 11.1. The van der Waals surface area contributed by atoms with Gasteiger partial charge in [0.05, 0.1) is 5.69 Å². The average Bonchev–Trinajstić information content (AvgIpc) is 2.93. The van der Waals surface area contributed by atoms with Crippen molar-refractivity contribution in [3.8, 4) is 11.3 Å². The van der Waals surface area contributed by atoms with E-state index < -0.39 is 0 Å². The van der Waals surface area contributed by atoms with Gasteiger partial charge in [-0.15, -0.1) is 0 Å². The van der Waals surface area contributed by atoms with Gasteiger partial charge in [0.1, 0.15) is 5.65 Å². The van der Waals surface area contributed by atoms with E-state index in [0.29, 0.717) is 6.54 Å². The van der Waals surface area contributed by atoms with Crippen LogP contribution >= 0.6 is 0 Å². The van der Waals surface area contributed by atoms with E-state index in [1.54, 1.807) is 12.4 Å². The Hall–Kier alpha value is -2.14. The molecule has 5 nitrogen and oxygen atoms in total. The van der Waals surface area contributed by atoms with Crippen molar-refractivity contribution in [2.24, 2.45) is 5.73 Å². The zero-order valence-corrected chi connectivity index (χ0v) is 9.32. The number of imidazole rings is 1. The molecule has 0 saturated heterocycles. The van der Waals surface area contributed by atoms with Gasteiger partial charge in [0.25, 0.3) is 0 Å². The number of hydrogen-bond acceptors (Lipinski definition) is 3. The van der Waals surface area contributed by atoms with Gasteiger partial charge in [-0.1, -0.05) is 0 Å². The average molecular weight is 227 g/mol. The van der Waals surface area contributed by atoms with Crippen molar-refractivity contribution in [1.29, 1.82) is 0 Å². The number of nitrogens with two attached hydrogens (primary N) is 1. The molecule has 0 atom stereocenters. The monoisotopic (exact) mass is 227 g/mol. The van der Waals surface area contributed by atoms with Crippen LogP contribution in [-0.2, 0) is 6.54 Å². The minimum absolute atomic E-state index is 0.625. The van der Waals surface area contributed by atoms with Crippen molar-refractivity contribution in [1.82, 2.24) is 19.2 Å². The highest BCUT2D eigenvalue weighted by molar-refractivity contribution is 5.63. The molecule has 0 aliphatic rings. The summed E-state index contributed by atoms with van der Waals surface area (Å²) in [6.45, 7) is 1.43. The number of pyridine rings is 1. The summed E-state index contributed by atoms with van der Waals surface area (Å²) in [5.74, 6) is 0. The molecule has 0 spiro atoms. The molecule has 3 rings (SSSR count). The predicted octanol–water partition coefficient (Wildman–Crippen LogP) is 1.16. The Labute approximate surface area is 98.5 Å². The van der Waals surface area contributed by atoms with Gasteiger partial charge in [0, 0.05) is 49.5 Å². The Morgan fingerprint density at radius 3 is 2.76 bits per heavy atom. The molecule has 0 fully saturated rings.